The summed E-state index contributed by atoms with van der Waals surface area (Å²) in [6.45, 7) is 0. The lowest BCUT2D eigenvalue weighted by molar-refractivity contribution is 0.0963. The van der Waals surface area contributed by atoms with Gasteiger partial charge in [0.05, 0.1) is 42.0 Å². The minimum Gasteiger partial charge on any atom is -0.494 e. The number of carbonyl (C=O) groups is 2. The van der Waals surface area contributed by atoms with Crippen LogP contribution in [0.25, 0.3) is 11.4 Å². The van der Waals surface area contributed by atoms with Crippen molar-refractivity contribution >= 4 is 29.1 Å². The molecule has 160 valence electrons. The molecule has 2 heterocycles. The second-order valence-corrected chi connectivity index (χ2v) is 6.13. The third-order valence-corrected chi connectivity index (χ3v) is 4.19. The van der Waals surface area contributed by atoms with Crippen LogP contribution in [0.3, 0.4) is 0 Å². The Morgan fingerprint density at radius 3 is 2.39 bits per heavy atom. The molecule has 3 rings (SSSR count). The molecule has 0 bridgehead atoms. The third kappa shape index (κ3) is 4.83. The molecule has 0 atom stereocenters. The zero-order chi connectivity index (χ0) is 22.4. The van der Waals surface area contributed by atoms with Crippen molar-refractivity contribution in [2.75, 3.05) is 31.8 Å². The number of halogens is 1. The van der Waals surface area contributed by atoms with Gasteiger partial charge in [-0.25, -0.2) is 24.1 Å². The fraction of sp³-hybridized carbons (Fsp3) is 0.150. The maximum atomic E-state index is 13.2. The fourth-order valence-electron chi connectivity index (χ4n) is 2.75. The molecular weight excluding hydrogens is 405 g/mol. The Kier molecular flexibility index (Phi) is 6.55. The minimum atomic E-state index is -0.555. The summed E-state index contributed by atoms with van der Waals surface area (Å²) in [5.74, 6) is -0.0511. The van der Waals surface area contributed by atoms with E-state index in [4.69, 9.17) is 4.74 Å². The average molecular weight is 425 g/mol. The summed E-state index contributed by atoms with van der Waals surface area (Å²) < 4.78 is 18.8. The van der Waals surface area contributed by atoms with Gasteiger partial charge in [0.15, 0.2) is 17.4 Å². The highest BCUT2D eigenvalue weighted by molar-refractivity contribution is 6.01. The third-order valence-electron chi connectivity index (χ3n) is 4.19. The number of anilines is 3. The summed E-state index contributed by atoms with van der Waals surface area (Å²) in [5, 5.41) is 10.7. The Hall–Kier alpha value is -4.28. The second-order valence-electron chi connectivity index (χ2n) is 6.13. The molecule has 0 aliphatic heterocycles. The molecule has 3 amide bonds. The summed E-state index contributed by atoms with van der Waals surface area (Å²) in [6, 6.07) is 6.24. The monoisotopic (exact) mass is 425 g/mol. The van der Waals surface area contributed by atoms with E-state index in [0.717, 1.165) is 12.4 Å². The van der Waals surface area contributed by atoms with Gasteiger partial charge >= 0.3 is 6.03 Å². The molecule has 2 aromatic heterocycles. The fourth-order valence-corrected chi connectivity index (χ4v) is 2.75. The number of nitrogens with zero attached hydrogens (tertiary/aromatic N) is 3. The number of nitrogens with one attached hydrogen (secondary N) is 4. The Labute approximate surface area is 177 Å². The topological polar surface area (TPSA) is 130 Å². The van der Waals surface area contributed by atoms with E-state index >= 15 is 0 Å². The molecule has 0 aliphatic rings. The van der Waals surface area contributed by atoms with E-state index in [-0.39, 0.29) is 23.1 Å². The van der Waals surface area contributed by atoms with E-state index in [9.17, 15) is 14.0 Å². The van der Waals surface area contributed by atoms with Crippen LogP contribution in [0, 0.1) is 5.82 Å². The normalized spacial score (nSPS) is 10.2. The Morgan fingerprint density at radius 1 is 1.00 bits per heavy atom. The van der Waals surface area contributed by atoms with Gasteiger partial charge in [0, 0.05) is 26.4 Å². The number of amides is 3. The molecule has 3 aromatic rings. The number of aromatic nitrogens is 3. The number of ether oxygens (including phenoxy) is 1. The first-order valence-electron chi connectivity index (χ1n) is 9.09. The Balaban J connectivity index is 2.05. The van der Waals surface area contributed by atoms with Crippen LogP contribution in [0.2, 0.25) is 0 Å². The molecular formula is C20H20FN7O3. The van der Waals surface area contributed by atoms with Gasteiger partial charge in [-0.05, 0) is 12.1 Å². The van der Waals surface area contributed by atoms with E-state index < -0.39 is 11.8 Å². The molecule has 0 radical (unpaired) electrons. The van der Waals surface area contributed by atoms with E-state index in [1.165, 1.54) is 33.5 Å². The van der Waals surface area contributed by atoms with Gasteiger partial charge < -0.3 is 20.7 Å². The van der Waals surface area contributed by atoms with Gasteiger partial charge in [0.2, 0.25) is 0 Å². The molecule has 0 fully saturated rings. The molecule has 0 saturated carbocycles. The predicted molar refractivity (Wildman–Crippen MR) is 113 cm³/mol. The maximum Gasteiger partial charge on any atom is 0.320 e. The highest BCUT2D eigenvalue weighted by Crippen LogP contribution is 2.37. The molecule has 11 heteroatoms. The largest absolute Gasteiger partial charge is 0.494 e. The second kappa shape index (κ2) is 9.48. The van der Waals surface area contributed by atoms with E-state index in [0.29, 0.717) is 22.7 Å². The quantitative estimate of drug-likeness (QED) is 0.477. The lowest BCUT2D eigenvalue weighted by Crippen LogP contribution is -2.25. The van der Waals surface area contributed by atoms with Crippen molar-refractivity contribution in [2.45, 2.75) is 0 Å². The lowest BCUT2D eigenvalue weighted by atomic mass is 10.1. The van der Waals surface area contributed by atoms with Crippen molar-refractivity contribution in [3.8, 4) is 17.1 Å². The van der Waals surface area contributed by atoms with E-state index in [2.05, 4.69) is 36.2 Å². The summed E-state index contributed by atoms with van der Waals surface area (Å²) in [7, 11) is 4.44. The SMILES string of the molecule is CNC(=O)Nc1cc(Nc2cccc(-c3ncc(F)cn3)c2OC)c(C(=O)NC)cn1. The minimum absolute atomic E-state index is 0.228. The van der Waals surface area contributed by atoms with Gasteiger partial charge in [-0.2, -0.15) is 0 Å². The first kappa shape index (κ1) is 21.4. The molecule has 0 saturated heterocycles. The maximum absolute atomic E-state index is 13.2. The van der Waals surface area contributed by atoms with Crippen molar-refractivity contribution in [2.24, 2.45) is 0 Å². The van der Waals surface area contributed by atoms with Crippen LogP contribution >= 0.6 is 0 Å². The van der Waals surface area contributed by atoms with Gasteiger partial charge in [-0.1, -0.05) is 6.07 Å². The zero-order valence-corrected chi connectivity index (χ0v) is 17.0. The van der Waals surface area contributed by atoms with Gasteiger partial charge in [-0.3, -0.25) is 10.1 Å². The number of rotatable bonds is 6. The number of urea groups is 1. The Bertz CT molecular complexity index is 1110. The van der Waals surface area contributed by atoms with Crippen molar-refractivity contribution in [3.05, 3.63) is 54.2 Å². The molecule has 10 nitrogen and oxygen atoms in total. The number of hydrogen-bond donors (Lipinski definition) is 4. The zero-order valence-electron chi connectivity index (χ0n) is 17.0. The van der Waals surface area contributed by atoms with Crippen molar-refractivity contribution in [3.63, 3.8) is 0 Å². The smallest absolute Gasteiger partial charge is 0.320 e. The number of benzene rings is 1. The number of carbonyl (C=O) groups excluding carboxylic acids is 2. The van der Waals surface area contributed by atoms with Crippen LogP contribution in [0.4, 0.5) is 26.4 Å². The number of pyridine rings is 1. The Morgan fingerprint density at radius 2 is 1.74 bits per heavy atom. The van der Waals surface area contributed by atoms with Gasteiger partial charge in [-0.15, -0.1) is 0 Å². The highest BCUT2D eigenvalue weighted by Gasteiger charge is 2.17. The lowest BCUT2D eigenvalue weighted by Gasteiger charge is -2.17. The molecule has 4 N–H and O–H groups in total. The molecule has 1 aromatic carbocycles. The standard InChI is InChI=1S/C20H20FN7O3/c1-22-19(29)13-10-24-16(28-20(30)23-2)7-15(13)27-14-6-4-5-12(17(14)31-3)18-25-8-11(21)9-26-18/h4-10H,1-3H3,(H,22,29)(H3,23,24,27,28,30). The summed E-state index contributed by atoms with van der Waals surface area (Å²) in [4.78, 5) is 36.0. The van der Waals surface area contributed by atoms with E-state index in [1.54, 1.807) is 18.2 Å². The van der Waals surface area contributed by atoms with Crippen molar-refractivity contribution in [1.29, 1.82) is 0 Å². The number of methoxy groups -OCH3 is 1. The van der Waals surface area contributed by atoms with Crippen molar-refractivity contribution in [1.82, 2.24) is 25.6 Å². The highest BCUT2D eigenvalue weighted by atomic mass is 19.1. The predicted octanol–water partition coefficient (Wildman–Crippen LogP) is 2.54. The first-order valence-corrected chi connectivity index (χ1v) is 9.09. The average Bonchev–Trinajstić information content (AvgIpc) is 2.79. The summed E-state index contributed by atoms with van der Waals surface area (Å²) in [5.41, 5.74) is 1.63. The molecule has 0 aliphatic carbocycles. The van der Waals surface area contributed by atoms with Crippen LogP contribution < -0.4 is 26.0 Å². The number of para-hydroxylation sites is 1. The first-order chi connectivity index (χ1) is 15.0. The molecule has 31 heavy (non-hydrogen) atoms. The molecule has 0 unspecified atom stereocenters. The molecule has 0 spiro atoms. The van der Waals surface area contributed by atoms with Gasteiger partial charge in [0.25, 0.3) is 5.91 Å². The van der Waals surface area contributed by atoms with Crippen LogP contribution in [-0.2, 0) is 0 Å². The van der Waals surface area contributed by atoms with Crippen LogP contribution in [-0.4, -0.2) is 48.1 Å². The summed E-state index contributed by atoms with van der Waals surface area (Å²) in [6.07, 6.45) is 3.46. The van der Waals surface area contributed by atoms with Crippen LogP contribution in [0.5, 0.6) is 5.75 Å². The summed E-state index contributed by atoms with van der Waals surface area (Å²) >= 11 is 0. The van der Waals surface area contributed by atoms with Gasteiger partial charge in [0.1, 0.15) is 5.82 Å². The van der Waals surface area contributed by atoms with Crippen molar-refractivity contribution < 1.29 is 18.7 Å². The van der Waals surface area contributed by atoms with E-state index in [1.807, 2.05) is 0 Å². The van der Waals surface area contributed by atoms with Crippen LogP contribution in [0.1, 0.15) is 10.4 Å². The van der Waals surface area contributed by atoms with Crippen LogP contribution in [0.15, 0.2) is 42.9 Å². The number of hydrogen-bond acceptors (Lipinski definition) is 7.